The molecule has 6 atom stereocenters. The summed E-state index contributed by atoms with van der Waals surface area (Å²) in [5, 5.41) is 23.3. The lowest BCUT2D eigenvalue weighted by molar-refractivity contribution is -0.136. The van der Waals surface area contributed by atoms with Gasteiger partial charge in [-0.2, -0.15) is 0 Å². The molecule has 0 spiro atoms. The Kier molecular flexibility index (Phi) is 14.6. The van der Waals surface area contributed by atoms with E-state index in [2.05, 4.69) is 65.5 Å². The van der Waals surface area contributed by atoms with Gasteiger partial charge in [0.15, 0.2) is 0 Å². The van der Waals surface area contributed by atoms with Crippen LogP contribution in [0.4, 0.5) is 9.59 Å². The van der Waals surface area contributed by atoms with Gasteiger partial charge in [-0.15, -0.1) is 10.2 Å². The summed E-state index contributed by atoms with van der Waals surface area (Å²) in [5.74, 6) is 0.317. The van der Waals surface area contributed by atoms with Crippen LogP contribution in [0.1, 0.15) is 76.4 Å². The van der Waals surface area contributed by atoms with Gasteiger partial charge in [-0.25, -0.2) is 28.9 Å². The van der Waals surface area contributed by atoms with Crippen molar-refractivity contribution in [2.75, 3.05) is 27.3 Å². The van der Waals surface area contributed by atoms with E-state index in [4.69, 9.17) is 19.4 Å². The first-order valence-electron chi connectivity index (χ1n) is 25.4. The van der Waals surface area contributed by atoms with Crippen LogP contribution in [0, 0.1) is 11.8 Å². The summed E-state index contributed by atoms with van der Waals surface area (Å²) in [6, 6.07) is 33.0. The number of likely N-dealkylation sites (tertiary alicyclic amines) is 2. The summed E-state index contributed by atoms with van der Waals surface area (Å²) < 4.78 is 13.4. The highest BCUT2D eigenvalue weighted by Crippen LogP contribution is 2.41. The number of carbonyl (C=O) groups is 4. The molecule has 0 bridgehead atoms. The van der Waals surface area contributed by atoms with Gasteiger partial charge in [0, 0.05) is 24.2 Å². The lowest BCUT2D eigenvalue weighted by Gasteiger charge is -2.29. The second-order valence-corrected chi connectivity index (χ2v) is 19.9. The van der Waals surface area contributed by atoms with E-state index < -0.39 is 36.4 Å². The maximum atomic E-state index is 14.4. The predicted molar refractivity (Wildman–Crippen MR) is 283 cm³/mol. The smallest absolute Gasteiger partial charge is 0.407 e. The number of nitrogens with one attached hydrogen (secondary N) is 4. The quantitative estimate of drug-likeness (QED) is 0.0757. The third-order valence-electron chi connectivity index (χ3n) is 14.4. The van der Waals surface area contributed by atoms with Gasteiger partial charge in [0.2, 0.25) is 11.8 Å². The van der Waals surface area contributed by atoms with Crippen molar-refractivity contribution in [2.24, 2.45) is 11.8 Å². The molecule has 4 amide bonds. The molecule has 4 N–H and O–H groups in total. The zero-order valence-corrected chi connectivity index (χ0v) is 43.1. The van der Waals surface area contributed by atoms with Gasteiger partial charge in [-0.05, 0) is 46.9 Å². The number of ether oxygens (including phenoxy) is 2. The maximum absolute atomic E-state index is 14.4. The first-order valence-corrected chi connectivity index (χ1v) is 25.4. The van der Waals surface area contributed by atoms with Gasteiger partial charge >= 0.3 is 12.2 Å². The first kappa shape index (κ1) is 50.6. The molecule has 4 aromatic heterocycles. The lowest BCUT2D eigenvalue weighted by atomic mass is 10.0. The SMILES string of the molecule is COC(=O)N[C@H](C(=O)N1C[C@@H](n2cc(-c3ccccc3)nn2)C[C@H]1c1ncc(-c2ccc(-c3ccc(-c4cnc([C@@H]5C[C@H](n6cc(-c7ccccc7)nn6)CN5C(=O)[C@@H](NC(=O)OC)C(C)C)[nH]4)cc3)cc2)[nH]1)C(C)C. The molecule has 20 nitrogen and oxygen atoms in total. The minimum Gasteiger partial charge on any atom is -0.453 e. The Morgan fingerprint density at radius 1 is 0.526 bits per heavy atom. The van der Waals surface area contributed by atoms with Crippen molar-refractivity contribution in [3.05, 3.63) is 146 Å². The van der Waals surface area contributed by atoms with Crippen LogP contribution in [0.25, 0.3) is 56.2 Å². The van der Waals surface area contributed by atoms with Crippen molar-refractivity contribution in [3.8, 4) is 56.2 Å². The Morgan fingerprint density at radius 2 is 0.895 bits per heavy atom. The highest BCUT2D eigenvalue weighted by atomic mass is 16.5. The summed E-state index contributed by atoms with van der Waals surface area (Å²) in [5.41, 5.74) is 8.75. The fourth-order valence-corrected chi connectivity index (χ4v) is 10.2. The van der Waals surface area contributed by atoms with Crippen LogP contribution in [0.5, 0.6) is 0 Å². The molecule has 8 aromatic rings. The van der Waals surface area contributed by atoms with E-state index in [0.29, 0.717) is 37.6 Å². The number of aromatic nitrogens is 10. The number of methoxy groups -OCH3 is 2. The van der Waals surface area contributed by atoms with Crippen LogP contribution < -0.4 is 10.6 Å². The van der Waals surface area contributed by atoms with Crippen molar-refractivity contribution < 1.29 is 28.7 Å². The lowest BCUT2D eigenvalue weighted by Crippen LogP contribution is -2.51. The summed E-state index contributed by atoms with van der Waals surface area (Å²) >= 11 is 0. The molecule has 2 aliphatic heterocycles. The largest absolute Gasteiger partial charge is 0.453 e. The fraction of sp³-hybridized carbons (Fsp3) is 0.321. The number of rotatable bonds is 15. The highest BCUT2D eigenvalue weighted by Gasteiger charge is 2.44. The highest BCUT2D eigenvalue weighted by molar-refractivity contribution is 5.87. The third-order valence-corrected chi connectivity index (χ3v) is 14.4. The van der Waals surface area contributed by atoms with Crippen LogP contribution in [0.3, 0.4) is 0 Å². The molecular weight excluding hydrogens is 965 g/mol. The minimum atomic E-state index is -0.825. The van der Waals surface area contributed by atoms with Crippen molar-refractivity contribution in [3.63, 3.8) is 0 Å². The number of hydrogen-bond donors (Lipinski definition) is 4. The zero-order chi connectivity index (χ0) is 53.0. The van der Waals surface area contributed by atoms with Crippen molar-refractivity contribution in [1.82, 2.24) is 70.4 Å². The van der Waals surface area contributed by atoms with Gasteiger partial charge in [0.1, 0.15) is 35.1 Å². The number of nitrogens with zero attached hydrogens (tertiary/aromatic N) is 10. The number of benzene rings is 4. The second-order valence-electron chi connectivity index (χ2n) is 19.9. The normalized spacial score (nSPS) is 18.2. The Hall–Kier alpha value is -8.94. The van der Waals surface area contributed by atoms with Crippen LogP contribution >= 0.6 is 0 Å². The van der Waals surface area contributed by atoms with E-state index in [1.54, 1.807) is 22.2 Å². The van der Waals surface area contributed by atoms with Gasteiger partial charge in [0.25, 0.3) is 0 Å². The van der Waals surface area contributed by atoms with Crippen LogP contribution in [0.15, 0.2) is 134 Å². The molecule has 0 radical (unpaired) electrons. The van der Waals surface area contributed by atoms with Gasteiger partial charge < -0.3 is 39.9 Å². The Labute approximate surface area is 439 Å². The van der Waals surface area contributed by atoms with Crippen molar-refractivity contribution in [1.29, 1.82) is 0 Å². The molecule has 390 valence electrons. The van der Waals surface area contributed by atoms with Gasteiger partial charge in [-0.1, -0.05) is 147 Å². The number of hydrogen-bond acceptors (Lipinski definition) is 12. The summed E-state index contributed by atoms with van der Waals surface area (Å²) in [6.07, 6.45) is 7.04. The zero-order valence-electron chi connectivity index (χ0n) is 43.1. The van der Waals surface area contributed by atoms with Crippen molar-refractivity contribution >= 4 is 24.0 Å². The molecule has 2 aliphatic rings. The number of carbonyl (C=O) groups excluding carboxylic acids is 4. The van der Waals surface area contributed by atoms with Crippen LogP contribution in [-0.2, 0) is 19.1 Å². The van der Waals surface area contributed by atoms with Gasteiger partial charge in [0.05, 0.1) is 74.6 Å². The van der Waals surface area contributed by atoms with Gasteiger partial charge in [-0.3, -0.25) is 9.59 Å². The van der Waals surface area contributed by atoms with E-state index in [1.165, 1.54) is 14.2 Å². The topological polar surface area (TPSA) is 236 Å². The molecule has 10 rings (SSSR count). The molecule has 0 unspecified atom stereocenters. The summed E-state index contributed by atoms with van der Waals surface area (Å²) in [4.78, 5) is 73.7. The van der Waals surface area contributed by atoms with Crippen molar-refractivity contribution in [2.45, 2.75) is 76.8 Å². The second kappa shape index (κ2) is 21.9. The third kappa shape index (κ3) is 10.6. The van der Waals surface area contributed by atoms with E-state index in [1.807, 2.05) is 134 Å². The predicted octanol–water partition coefficient (Wildman–Crippen LogP) is 8.44. The molecule has 0 saturated carbocycles. The number of amides is 4. The number of H-pyrrole nitrogens is 2. The minimum absolute atomic E-state index is 0.206. The summed E-state index contributed by atoms with van der Waals surface area (Å²) in [7, 11) is 2.56. The maximum Gasteiger partial charge on any atom is 0.407 e. The molecule has 76 heavy (non-hydrogen) atoms. The molecule has 6 heterocycles. The molecule has 0 aliphatic carbocycles. The van der Waals surface area contributed by atoms with E-state index in [9.17, 15) is 19.2 Å². The molecule has 2 saturated heterocycles. The molecular formula is C56H60N14O6. The molecule has 20 heteroatoms. The molecule has 4 aromatic carbocycles. The molecule has 2 fully saturated rings. The average Bonchev–Trinajstić information content (AvgIpc) is 4.32. The fourth-order valence-electron chi connectivity index (χ4n) is 10.2. The Bertz CT molecular complexity index is 3080. The monoisotopic (exact) mass is 1020 g/mol. The first-order chi connectivity index (χ1) is 36.8. The van der Waals surface area contributed by atoms with Crippen LogP contribution in [-0.4, -0.2) is 123 Å². The number of aromatic amines is 2. The Balaban J connectivity index is 0.852. The van der Waals surface area contributed by atoms with E-state index in [0.717, 1.165) is 56.2 Å². The summed E-state index contributed by atoms with van der Waals surface area (Å²) in [6.45, 7) is 8.20. The standard InChI is InChI=1S/C56H60N14O6/c1-33(2)49(61-55(73)75-5)53(71)67-29-41(69-31-45(63-65-69)37-13-9-7-10-14-37)25-47(67)51-57-27-43(59-51)39-21-17-35(18-22-39)36-19-23-40(24-20-36)44-28-58-52(60-44)48-26-42(70-32-46(64-66-70)38-15-11-8-12-16-38)30-68(48)54(72)50(34(3)4)62-56(74)76-6/h7-24,27-28,31-34,41-42,47-50H,25-26,29-30H2,1-6H3,(H,57,59)(H,58,60)(H,61,73)(H,62,74)/t41-,42-,47-,48-,49-,50-/m0/s1. The number of imidazole rings is 2. The van der Waals surface area contributed by atoms with E-state index in [-0.39, 0.29) is 35.7 Å². The Morgan fingerprint density at radius 3 is 1.25 bits per heavy atom. The van der Waals surface area contributed by atoms with Crippen LogP contribution in [0.2, 0.25) is 0 Å². The number of alkyl carbamates (subject to hydrolysis) is 2. The van der Waals surface area contributed by atoms with E-state index >= 15 is 0 Å². The average molecular weight is 1030 g/mol.